The highest BCUT2D eigenvalue weighted by molar-refractivity contribution is 7.99. The Morgan fingerprint density at radius 3 is 2.56 bits per heavy atom. The molecule has 4 rings (SSSR count). The fourth-order valence-corrected chi connectivity index (χ4v) is 5.23. The number of fused-ring (bicyclic) bond motifs is 1. The maximum atomic E-state index is 10.5. The van der Waals surface area contributed by atoms with Crippen LogP contribution in [0, 0.1) is 5.92 Å². The van der Waals surface area contributed by atoms with E-state index in [1.165, 1.54) is 0 Å². The third-order valence-corrected chi connectivity index (χ3v) is 7.36. The maximum Gasteiger partial charge on any atom is 0.171 e. The summed E-state index contributed by atoms with van der Waals surface area (Å²) in [6, 6.07) is 13.5. The highest BCUT2D eigenvalue weighted by Gasteiger charge is 2.44. The normalized spacial score (nSPS) is 24.4. The van der Waals surface area contributed by atoms with E-state index in [0.29, 0.717) is 35.7 Å². The Bertz CT molecular complexity index is 1150. The summed E-state index contributed by atoms with van der Waals surface area (Å²) < 4.78 is 19.2. The number of aromatic nitrogens is 2. The maximum absolute atomic E-state index is 10.5. The molecule has 5 unspecified atom stereocenters. The lowest BCUT2D eigenvalue weighted by molar-refractivity contribution is -0.205. The summed E-state index contributed by atoms with van der Waals surface area (Å²) in [5, 5.41) is 41.0. The summed E-state index contributed by atoms with van der Waals surface area (Å²) in [5.41, 5.74) is 1.69. The number of hydrogen-bond acceptors (Lipinski definition) is 9. The molecule has 9 nitrogen and oxygen atoms in total. The molecule has 3 aromatic rings. The first-order valence-corrected chi connectivity index (χ1v) is 12.9. The summed E-state index contributed by atoms with van der Waals surface area (Å²) >= 11 is 1.14. The van der Waals surface area contributed by atoms with Gasteiger partial charge in [0.25, 0.3) is 0 Å². The zero-order valence-electron chi connectivity index (χ0n) is 20.7. The number of aliphatic hydroxyl groups is 4. The molecule has 4 N–H and O–H groups in total. The van der Waals surface area contributed by atoms with Crippen molar-refractivity contribution in [2.45, 2.75) is 61.8 Å². The molecule has 0 spiro atoms. The molecule has 2 heterocycles. The second kappa shape index (κ2) is 11.8. The molecule has 2 aromatic carbocycles. The zero-order chi connectivity index (χ0) is 25.8. The highest BCUT2D eigenvalue weighted by atomic mass is 32.2. The molecule has 0 bridgehead atoms. The van der Waals surface area contributed by atoms with Gasteiger partial charge in [0.2, 0.25) is 0 Å². The number of aliphatic hydroxyl groups excluding tert-OH is 4. The van der Waals surface area contributed by atoms with Gasteiger partial charge < -0.3 is 39.2 Å². The second-order valence-electron chi connectivity index (χ2n) is 9.30. The Morgan fingerprint density at radius 1 is 1.06 bits per heavy atom. The number of hydrogen-bond donors (Lipinski definition) is 4. The third-order valence-electron chi connectivity index (χ3n) is 6.21. The van der Waals surface area contributed by atoms with Gasteiger partial charge in [-0.25, -0.2) is 4.98 Å². The number of ether oxygens (including phenoxy) is 3. The standard InChI is InChI=1S/C26H34N2O7S/c1-15(2)10-11-34-19-9-8-16(12-20(19)33-3)13-28-18-7-5-4-6-17(18)27-26(28)36-25-24(32)23(31)22(30)21(14-29)35-25/h4-9,12,15,21-25,29-32H,10-11,13-14H2,1-3H3. The fraction of sp³-hybridized carbons (Fsp3) is 0.500. The van der Waals surface area contributed by atoms with Gasteiger partial charge in [0.15, 0.2) is 16.7 Å². The smallest absolute Gasteiger partial charge is 0.171 e. The number of nitrogens with zero attached hydrogens (tertiary/aromatic N) is 2. The molecule has 0 radical (unpaired) electrons. The average molecular weight is 519 g/mol. The first-order chi connectivity index (χ1) is 17.3. The van der Waals surface area contributed by atoms with Crippen molar-refractivity contribution >= 4 is 22.8 Å². The average Bonchev–Trinajstić information content (AvgIpc) is 3.21. The number of para-hydroxylation sites is 2. The van der Waals surface area contributed by atoms with E-state index in [1.807, 2.05) is 47.0 Å². The molecule has 196 valence electrons. The topological polar surface area (TPSA) is 126 Å². The molecule has 1 fully saturated rings. The first-order valence-electron chi connectivity index (χ1n) is 12.0. The van der Waals surface area contributed by atoms with E-state index in [2.05, 4.69) is 13.8 Å². The number of benzene rings is 2. The van der Waals surface area contributed by atoms with Crippen LogP contribution in [0.1, 0.15) is 25.8 Å². The summed E-state index contributed by atoms with van der Waals surface area (Å²) in [7, 11) is 1.61. The van der Waals surface area contributed by atoms with E-state index >= 15 is 0 Å². The van der Waals surface area contributed by atoms with Gasteiger partial charge in [-0.2, -0.15) is 0 Å². The monoisotopic (exact) mass is 518 g/mol. The molecule has 1 aromatic heterocycles. The fourth-order valence-electron chi connectivity index (χ4n) is 4.08. The van der Waals surface area contributed by atoms with E-state index in [9.17, 15) is 20.4 Å². The molecule has 0 saturated carbocycles. The molecule has 0 aliphatic carbocycles. The first kappa shape index (κ1) is 26.7. The Kier molecular flexibility index (Phi) is 8.76. The predicted molar refractivity (Wildman–Crippen MR) is 136 cm³/mol. The van der Waals surface area contributed by atoms with Crippen molar-refractivity contribution in [2.24, 2.45) is 5.92 Å². The van der Waals surface area contributed by atoms with Crippen molar-refractivity contribution in [3.05, 3.63) is 48.0 Å². The van der Waals surface area contributed by atoms with E-state index in [0.717, 1.165) is 34.8 Å². The van der Waals surface area contributed by atoms with Crippen molar-refractivity contribution in [2.75, 3.05) is 20.3 Å². The van der Waals surface area contributed by atoms with E-state index < -0.39 is 36.5 Å². The van der Waals surface area contributed by atoms with Crippen LogP contribution in [0.15, 0.2) is 47.6 Å². The van der Waals surface area contributed by atoms with E-state index in [1.54, 1.807) is 7.11 Å². The molecule has 0 amide bonds. The lowest BCUT2D eigenvalue weighted by Gasteiger charge is -2.39. The van der Waals surface area contributed by atoms with Gasteiger partial charge >= 0.3 is 0 Å². The van der Waals surface area contributed by atoms with Crippen LogP contribution in [0.5, 0.6) is 11.5 Å². The van der Waals surface area contributed by atoms with Gasteiger partial charge in [-0.15, -0.1) is 0 Å². The molecule has 1 saturated heterocycles. The molecule has 1 aliphatic rings. The van der Waals surface area contributed by atoms with Gasteiger partial charge in [-0.3, -0.25) is 0 Å². The van der Waals surface area contributed by atoms with E-state index in [4.69, 9.17) is 19.2 Å². The largest absolute Gasteiger partial charge is 0.493 e. The van der Waals surface area contributed by atoms with Crippen LogP contribution in [-0.4, -0.2) is 80.2 Å². The third kappa shape index (κ3) is 5.80. The Morgan fingerprint density at radius 2 is 1.83 bits per heavy atom. The minimum absolute atomic E-state index is 0.461. The number of imidazole rings is 1. The Hall–Kier alpha value is -2.34. The van der Waals surface area contributed by atoms with Crippen LogP contribution in [0.25, 0.3) is 11.0 Å². The molecule has 36 heavy (non-hydrogen) atoms. The van der Waals surface area contributed by atoms with Gasteiger partial charge in [-0.1, -0.05) is 43.8 Å². The zero-order valence-corrected chi connectivity index (χ0v) is 21.5. The van der Waals surface area contributed by atoms with Crippen LogP contribution in [-0.2, 0) is 11.3 Å². The number of rotatable bonds is 10. The van der Waals surface area contributed by atoms with E-state index in [-0.39, 0.29) is 0 Å². The molecule has 5 atom stereocenters. The summed E-state index contributed by atoms with van der Waals surface area (Å²) in [6.07, 6.45) is -4.24. The Labute approximate surface area is 214 Å². The van der Waals surface area contributed by atoms with Gasteiger partial charge in [0.1, 0.15) is 29.9 Å². The van der Waals surface area contributed by atoms with Crippen LogP contribution < -0.4 is 9.47 Å². The van der Waals surface area contributed by atoms with Gasteiger partial charge in [-0.05, 0) is 42.2 Å². The lowest BCUT2D eigenvalue weighted by Crippen LogP contribution is -2.57. The number of methoxy groups -OCH3 is 1. The molecular weight excluding hydrogens is 484 g/mol. The second-order valence-corrected chi connectivity index (χ2v) is 10.4. The van der Waals surface area contributed by atoms with Crippen molar-refractivity contribution in [3.63, 3.8) is 0 Å². The Balaban J connectivity index is 1.61. The van der Waals surface area contributed by atoms with Crippen LogP contribution in [0.2, 0.25) is 0 Å². The van der Waals surface area contributed by atoms with Crippen molar-refractivity contribution in [1.29, 1.82) is 0 Å². The summed E-state index contributed by atoms with van der Waals surface area (Å²) in [4.78, 5) is 4.72. The number of thioether (sulfide) groups is 1. The summed E-state index contributed by atoms with van der Waals surface area (Å²) in [6.45, 7) is 4.89. The minimum atomic E-state index is -1.45. The SMILES string of the molecule is COc1cc(Cn2c(SC3OC(CO)C(O)C(O)C3O)nc3ccccc32)ccc1OCCC(C)C. The van der Waals surface area contributed by atoms with Crippen LogP contribution in [0.3, 0.4) is 0 Å². The van der Waals surface area contributed by atoms with Gasteiger partial charge in [0, 0.05) is 0 Å². The van der Waals surface area contributed by atoms with Crippen molar-refractivity contribution in [1.82, 2.24) is 9.55 Å². The van der Waals surface area contributed by atoms with Crippen molar-refractivity contribution < 1.29 is 34.6 Å². The molecule has 1 aliphatic heterocycles. The highest BCUT2D eigenvalue weighted by Crippen LogP contribution is 2.36. The van der Waals surface area contributed by atoms with Crippen molar-refractivity contribution in [3.8, 4) is 11.5 Å². The minimum Gasteiger partial charge on any atom is -0.493 e. The van der Waals surface area contributed by atoms with Crippen LogP contribution in [0.4, 0.5) is 0 Å². The predicted octanol–water partition coefficient (Wildman–Crippen LogP) is 2.41. The lowest BCUT2D eigenvalue weighted by atomic mass is 10.0. The molecular formula is C26H34N2O7S. The van der Waals surface area contributed by atoms with Crippen LogP contribution >= 0.6 is 11.8 Å². The van der Waals surface area contributed by atoms with Gasteiger partial charge in [0.05, 0.1) is 37.9 Å². The summed E-state index contributed by atoms with van der Waals surface area (Å²) in [5.74, 6) is 1.88. The molecule has 10 heteroatoms. The quantitative estimate of drug-likeness (QED) is 0.320.